The van der Waals surface area contributed by atoms with Crippen molar-refractivity contribution in [3.8, 4) is 0 Å². The molecule has 2 fully saturated rings. The number of hydrogen-bond donors (Lipinski definition) is 1. The molecule has 6 amide bonds. The van der Waals surface area contributed by atoms with Crippen LogP contribution >= 0.6 is 0 Å². The van der Waals surface area contributed by atoms with Gasteiger partial charge in [0.2, 0.25) is 5.91 Å². The van der Waals surface area contributed by atoms with Gasteiger partial charge in [-0.2, -0.15) is 0 Å². The zero-order chi connectivity index (χ0) is 26.3. The summed E-state index contributed by atoms with van der Waals surface area (Å²) in [6.07, 6.45) is -1.76. The molecular formula is C20H26N4O11. The van der Waals surface area contributed by atoms with Crippen LogP contribution in [0.1, 0.15) is 52.9 Å². The molecule has 0 aromatic heterocycles. The number of nitrogens with one attached hydrogen (secondary N) is 1. The fourth-order valence-electron chi connectivity index (χ4n) is 2.86. The normalized spacial score (nSPS) is 15.9. The fraction of sp³-hybridized carbons (Fsp3) is 0.600. The maximum Gasteiger partial charge on any atom is 0.407 e. The first-order valence-corrected chi connectivity index (χ1v) is 10.6. The first kappa shape index (κ1) is 27.2. The van der Waals surface area contributed by atoms with Crippen LogP contribution < -0.4 is 5.32 Å². The Kier molecular flexibility index (Phi) is 8.86. The highest BCUT2D eigenvalue weighted by atomic mass is 16.7. The van der Waals surface area contributed by atoms with E-state index in [-0.39, 0.29) is 48.8 Å². The summed E-state index contributed by atoms with van der Waals surface area (Å²) in [5.41, 5.74) is -0.775. The summed E-state index contributed by atoms with van der Waals surface area (Å²) in [5.74, 6) is -6.21. The summed E-state index contributed by atoms with van der Waals surface area (Å²) < 4.78 is 5.04. The molecule has 15 nitrogen and oxygen atoms in total. The van der Waals surface area contributed by atoms with E-state index in [0.29, 0.717) is 4.90 Å². The Hall–Kier alpha value is -4.04. The standard InChI is InChI=1S/C20H26N4O11/c1-20(2,3)33-19(32)21-9-8-12(25)22(10-17(30)34-23-13(26)4-5-14(23)27)11-18(31)35-24-15(28)6-7-16(24)29/h4-11H2,1-3H3,(H,21,32). The molecule has 0 aromatic rings. The van der Waals surface area contributed by atoms with Gasteiger partial charge in [0.05, 0.1) is 0 Å². The zero-order valence-electron chi connectivity index (χ0n) is 19.5. The molecule has 2 aliphatic heterocycles. The van der Waals surface area contributed by atoms with Gasteiger partial charge in [-0.1, -0.05) is 0 Å². The van der Waals surface area contributed by atoms with Gasteiger partial charge in [0.15, 0.2) is 0 Å². The molecule has 0 aromatic carbocycles. The number of imide groups is 2. The number of alkyl carbamates (subject to hydrolysis) is 1. The zero-order valence-corrected chi connectivity index (χ0v) is 19.5. The van der Waals surface area contributed by atoms with Crippen molar-refractivity contribution in [2.45, 2.75) is 58.5 Å². The molecule has 0 saturated carbocycles. The average molecular weight is 498 g/mol. The molecule has 15 heteroatoms. The molecule has 0 unspecified atom stereocenters. The quantitative estimate of drug-likeness (QED) is 0.382. The van der Waals surface area contributed by atoms with Gasteiger partial charge in [-0.3, -0.25) is 24.0 Å². The second-order valence-electron chi connectivity index (χ2n) is 8.52. The van der Waals surface area contributed by atoms with Gasteiger partial charge < -0.3 is 24.6 Å². The molecule has 35 heavy (non-hydrogen) atoms. The highest BCUT2D eigenvalue weighted by Crippen LogP contribution is 2.14. The third kappa shape index (κ3) is 8.35. The minimum absolute atomic E-state index is 0.144. The molecule has 0 spiro atoms. The van der Waals surface area contributed by atoms with Crippen LogP contribution in [0.25, 0.3) is 0 Å². The van der Waals surface area contributed by atoms with E-state index in [9.17, 15) is 38.4 Å². The lowest BCUT2D eigenvalue weighted by molar-refractivity contribution is -0.201. The summed E-state index contributed by atoms with van der Waals surface area (Å²) in [6.45, 7) is 2.95. The largest absolute Gasteiger partial charge is 0.444 e. The number of amides is 6. The van der Waals surface area contributed by atoms with Crippen LogP contribution in [0.2, 0.25) is 0 Å². The van der Waals surface area contributed by atoms with Gasteiger partial charge in [-0.15, -0.1) is 10.1 Å². The van der Waals surface area contributed by atoms with Crippen LogP contribution in [0.3, 0.4) is 0 Å². The van der Waals surface area contributed by atoms with Gasteiger partial charge in [-0.25, -0.2) is 14.4 Å². The highest BCUT2D eigenvalue weighted by molar-refractivity contribution is 6.02. The number of hydrogen-bond acceptors (Lipinski definition) is 11. The van der Waals surface area contributed by atoms with Crippen LogP contribution in [-0.4, -0.2) is 87.8 Å². The maximum absolute atomic E-state index is 12.6. The van der Waals surface area contributed by atoms with Crippen molar-refractivity contribution in [3.63, 3.8) is 0 Å². The van der Waals surface area contributed by atoms with Crippen LogP contribution in [-0.2, 0) is 48.0 Å². The Morgan fingerprint density at radius 2 is 1.20 bits per heavy atom. The molecule has 2 rings (SSSR count). The lowest BCUT2D eigenvalue weighted by atomic mass is 10.2. The minimum Gasteiger partial charge on any atom is -0.444 e. The van der Waals surface area contributed by atoms with Crippen LogP contribution in [0.15, 0.2) is 0 Å². The summed E-state index contributed by atoms with van der Waals surface area (Å²) in [6, 6.07) is 0. The lowest BCUT2D eigenvalue weighted by Gasteiger charge is -2.23. The summed E-state index contributed by atoms with van der Waals surface area (Å²) in [5, 5.41) is 2.88. The lowest BCUT2D eigenvalue weighted by Crippen LogP contribution is -2.45. The predicted molar refractivity (Wildman–Crippen MR) is 110 cm³/mol. The highest BCUT2D eigenvalue weighted by Gasteiger charge is 2.35. The van der Waals surface area contributed by atoms with E-state index in [4.69, 9.17) is 14.4 Å². The summed E-state index contributed by atoms with van der Waals surface area (Å²) in [7, 11) is 0. The van der Waals surface area contributed by atoms with Gasteiger partial charge in [0.25, 0.3) is 23.6 Å². The molecule has 2 heterocycles. The predicted octanol–water partition coefficient (Wildman–Crippen LogP) is -1.06. The summed E-state index contributed by atoms with van der Waals surface area (Å²) in [4.78, 5) is 105. The fourth-order valence-corrected chi connectivity index (χ4v) is 2.86. The molecule has 0 radical (unpaired) electrons. The van der Waals surface area contributed by atoms with Crippen molar-refractivity contribution in [3.05, 3.63) is 0 Å². The summed E-state index contributed by atoms with van der Waals surface area (Å²) >= 11 is 0. The third-order valence-corrected chi connectivity index (χ3v) is 4.40. The maximum atomic E-state index is 12.6. The van der Waals surface area contributed by atoms with E-state index in [1.807, 2.05) is 0 Å². The smallest absolute Gasteiger partial charge is 0.407 e. The molecule has 0 bridgehead atoms. The van der Waals surface area contributed by atoms with Crippen LogP contribution in [0.5, 0.6) is 0 Å². The van der Waals surface area contributed by atoms with Crippen molar-refractivity contribution in [2.24, 2.45) is 0 Å². The molecule has 0 aliphatic carbocycles. The molecule has 2 aliphatic rings. The Morgan fingerprint density at radius 3 is 1.57 bits per heavy atom. The number of hydroxylamine groups is 4. The van der Waals surface area contributed by atoms with E-state index in [2.05, 4.69) is 5.32 Å². The van der Waals surface area contributed by atoms with Crippen molar-refractivity contribution in [1.82, 2.24) is 20.3 Å². The first-order chi connectivity index (χ1) is 16.3. The van der Waals surface area contributed by atoms with E-state index < -0.39 is 66.3 Å². The van der Waals surface area contributed by atoms with E-state index in [1.165, 1.54) is 0 Å². The Balaban J connectivity index is 2.00. The average Bonchev–Trinajstić information content (AvgIpc) is 3.22. The topological polar surface area (TPSA) is 186 Å². The number of carbonyl (C=O) groups excluding carboxylic acids is 8. The Morgan fingerprint density at radius 1 is 0.800 bits per heavy atom. The van der Waals surface area contributed by atoms with Crippen molar-refractivity contribution >= 4 is 47.6 Å². The van der Waals surface area contributed by atoms with Crippen molar-refractivity contribution in [2.75, 3.05) is 19.6 Å². The molecule has 1 N–H and O–H groups in total. The second kappa shape index (κ2) is 11.4. The van der Waals surface area contributed by atoms with Crippen molar-refractivity contribution in [1.29, 1.82) is 0 Å². The van der Waals surface area contributed by atoms with Gasteiger partial charge in [0, 0.05) is 38.6 Å². The second-order valence-corrected chi connectivity index (χ2v) is 8.52. The van der Waals surface area contributed by atoms with Crippen molar-refractivity contribution < 1.29 is 52.8 Å². The van der Waals surface area contributed by atoms with Gasteiger partial charge in [0.1, 0.15) is 18.7 Å². The molecule has 192 valence electrons. The van der Waals surface area contributed by atoms with E-state index >= 15 is 0 Å². The number of ether oxygens (including phenoxy) is 1. The van der Waals surface area contributed by atoms with E-state index in [1.54, 1.807) is 20.8 Å². The Bertz CT molecular complexity index is 856. The third-order valence-electron chi connectivity index (χ3n) is 4.40. The van der Waals surface area contributed by atoms with E-state index in [0.717, 1.165) is 0 Å². The monoisotopic (exact) mass is 498 g/mol. The van der Waals surface area contributed by atoms with Gasteiger partial charge in [-0.05, 0) is 20.8 Å². The molecule has 0 atom stereocenters. The van der Waals surface area contributed by atoms with Gasteiger partial charge >= 0.3 is 18.0 Å². The number of carbonyl (C=O) groups is 8. The molecule has 2 saturated heterocycles. The molecular weight excluding hydrogens is 472 g/mol. The van der Waals surface area contributed by atoms with Crippen LogP contribution in [0, 0.1) is 0 Å². The van der Waals surface area contributed by atoms with Crippen LogP contribution in [0.4, 0.5) is 4.79 Å². The first-order valence-electron chi connectivity index (χ1n) is 10.6. The number of nitrogens with zero attached hydrogens (tertiary/aromatic N) is 3. The Labute approximate surface area is 199 Å². The minimum atomic E-state index is -1.21. The SMILES string of the molecule is CC(C)(C)OC(=O)NCCC(=O)N(CC(=O)ON1C(=O)CCC1=O)CC(=O)ON1C(=O)CCC1=O. The number of rotatable bonds is 9.